The Bertz CT molecular complexity index is 492. The molecule has 2 heterocycles. The van der Waals surface area contributed by atoms with Crippen molar-refractivity contribution in [2.45, 2.75) is 38.8 Å². The van der Waals surface area contributed by atoms with E-state index in [0.29, 0.717) is 0 Å². The van der Waals surface area contributed by atoms with Crippen molar-refractivity contribution in [3.8, 4) is 0 Å². The average Bonchev–Trinajstić information content (AvgIpc) is 2.87. The third-order valence-corrected chi connectivity index (χ3v) is 3.49. The van der Waals surface area contributed by atoms with E-state index in [4.69, 9.17) is 5.11 Å². The van der Waals surface area contributed by atoms with Crippen molar-refractivity contribution in [3.05, 3.63) is 17.0 Å². The maximum atomic E-state index is 12.2. The third kappa shape index (κ3) is 2.60. The summed E-state index contributed by atoms with van der Waals surface area (Å²) in [4.78, 5) is 24.5. The Morgan fingerprint density at radius 3 is 2.68 bits per heavy atom. The Balaban J connectivity index is 2.13. The minimum Gasteiger partial charge on any atom is -0.480 e. The van der Waals surface area contributed by atoms with E-state index in [-0.39, 0.29) is 25.3 Å². The zero-order valence-electron chi connectivity index (χ0n) is 10.9. The van der Waals surface area contributed by atoms with Crippen molar-refractivity contribution in [3.63, 3.8) is 0 Å². The summed E-state index contributed by atoms with van der Waals surface area (Å²) in [6.45, 7) is 3.68. The molecule has 1 aliphatic rings. The van der Waals surface area contributed by atoms with Gasteiger partial charge in [0.05, 0.1) is 18.2 Å². The topological polar surface area (TPSA) is 107 Å². The highest BCUT2D eigenvalue weighted by molar-refractivity contribution is 5.86. The van der Waals surface area contributed by atoms with E-state index in [1.807, 2.05) is 6.92 Å². The molecule has 1 amide bonds. The van der Waals surface area contributed by atoms with E-state index in [2.05, 4.69) is 10.2 Å². The van der Waals surface area contributed by atoms with E-state index in [9.17, 15) is 14.7 Å². The van der Waals surface area contributed by atoms with Crippen LogP contribution in [-0.2, 0) is 16.0 Å². The Morgan fingerprint density at radius 2 is 2.16 bits per heavy atom. The van der Waals surface area contributed by atoms with Crippen LogP contribution in [0.4, 0.5) is 0 Å². The molecule has 1 saturated heterocycles. The Hall–Kier alpha value is -1.89. The van der Waals surface area contributed by atoms with Gasteiger partial charge in [-0.3, -0.25) is 9.89 Å². The van der Waals surface area contributed by atoms with Gasteiger partial charge in [-0.1, -0.05) is 0 Å². The number of amides is 1. The van der Waals surface area contributed by atoms with Crippen LogP contribution in [0.2, 0.25) is 0 Å². The SMILES string of the molecule is Cc1n[nH]c(C)c1CC(=O)N1C[C@@H](O)C[C@H]1C(=O)O. The number of carboxylic acid groups (broad SMARTS) is 1. The lowest BCUT2D eigenvalue weighted by Crippen LogP contribution is -2.41. The summed E-state index contributed by atoms with van der Waals surface area (Å²) in [5.74, 6) is -1.37. The van der Waals surface area contributed by atoms with Crippen LogP contribution >= 0.6 is 0 Å². The summed E-state index contributed by atoms with van der Waals surface area (Å²) >= 11 is 0. The van der Waals surface area contributed by atoms with Crippen LogP contribution in [-0.4, -0.2) is 55.9 Å². The number of aromatic amines is 1. The molecule has 7 nitrogen and oxygen atoms in total. The predicted octanol–water partition coefficient (Wildman–Crippen LogP) is -0.385. The molecule has 0 radical (unpaired) electrons. The smallest absolute Gasteiger partial charge is 0.326 e. The quantitative estimate of drug-likeness (QED) is 0.692. The van der Waals surface area contributed by atoms with Gasteiger partial charge >= 0.3 is 5.97 Å². The first-order valence-electron chi connectivity index (χ1n) is 6.11. The molecule has 1 fully saturated rings. The first-order chi connectivity index (χ1) is 8.90. The summed E-state index contributed by atoms with van der Waals surface area (Å²) in [5, 5.41) is 25.4. The minimum absolute atomic E-state index is 0.0751. The van der Waals surface area contributed by atoms with Crippen LogP contribution in [0.3, 0.4) is 0 Å². The molecule has 0 aromatic carbocycles. The fraction of sp³-hybridized carbons (Fsp3) is 0.583. The van der Waals surface area contributed by atoms with Crippen LogP contribution in [0.25, 0.3) is 0 Å². The van der Waals surface area contributed by atoms with E-state index in [1.54, 1.807) is 6.92 Å². The third-order valence-electron chi connectivity index (χ3n) is 3.49. The standard InChI is InChI=1S/C12H17N3O4/c1-6-9(7(2)14-13-6)4-11(17)15-5-8(16)3-10(15)12(18)19/h8,10,16H,3-5H2,1-2H3,(H,13,14)(H,18,19)/t8-,10-/m0/s1. The highest BCUT2D eigenvalue weighted by Gasteiger charge is 2.38. The number of carbonyl (C=O) groups is 2. The van der Waals surface area contributed by atoms with Crippen LogP contribution in [0, 0.1) is 13.8 Å². The summed E-state index contributed by atoms with van der Waals surface area (Å²) in [6, 6.07) is -0.935. The monoisotopic (exact) mass is 267 g/mol. The highest BCUT2D eigenvalue weighted by atomic mass is 16.4. The molecular formula is C12H17N3O4. The van der Waals surface area contributed by atoms with E-state index in [1.165, 1.54) is 4.90 Å². The van der Waals surface area contributed by atoms with E-state index >= 15 is 0 Å². The molecule has 0 saturated carbocycles. The summed E-state index contributed by atoms with van der Waals surface area (Å²) in [7, 11) is 0. The fourth-order valence-corrected chi connectivity index (χ4v) is 2.41. The molecule has 2 rings (SSSR count). The van der Waals surface area contributed by atoms with Crippen LogP contribution in [0.15, 0.2) is 0 Å². The van der Waals surface area contributed by atoms with Gasteiger partial charge in [0.2, 0.25) is 5.91 Å². The van der Waals surface area contributed by atoms with Crippen molar-refractivity contribution in [1.29, 1.82) is 0 Å². The lowest BCUT2D eigenvalue weighted by atomic mass is 10.1. The van der Waals surface area contributed by atoms with Gasteiger partial charge in [0.15, 0.2) is 0 Å². The average molecular weight is 267 g/mol. The van der Waals surface area contributed by atoms with Gasteiger partial charge in [0.25, 0.3) is 0 Å². The van der Waals surface area contributed by atoms with Crippen molar-refractivity contribution in [2.75, 3.05) is 6.54 Å². The number of aliphatic hydroxyl groups excluding tert-OH is 1. The van der Waals surface area contributed by atoms with E-state index in [0.717, 1.165) is 17.0 Å². The minimum atomic E-state index is -1.08. The normalized spacial score (nSPS) is 22.8. The van der Waals surface area contributed by atoms with Crippen molar-refractivity contribution >= 4 is 11.9 Å². The maximum absolute atomic E-state index is 12.2. The molecule has 104 valence electrons. The number of aliphatic carboxylic acids is 1. The number of aromatic nitrogens is 2. The Labute approximate surface area is 110 Å². The molecule has 1 aromatic rings. The van der Waals surface area contributed by atoms with Gasteiger partial charge in [0.1, 0.15) is 6.04 Å². The zero-order chi connectivity index (χ0) is 14.2. The Morgan fingerprint density at radius 1 is 1.47 bits per heavy atom. The first kappa shape index (κ1) is 13.5. The number of aryl methyl sites for hydroxylation is 2. The highest BCUT2D eigenvalue weighted by Crippen LogP contribution is 2.20. The number of hydrogen-bond acceptors (Lipinski definition) is 4. The second-order valence-electron chi connectivity index (χ2n) is 4.88. The van der Waals surface area contributed by atoms with Gasteiger partial charge in [-0.15, -0.1) is 0 Å². The largest absolute Gasteiger partial charge is 0.480 e. The number of H-pyrrole nitrogens is 1. The number of carboxylic acids is 1. The summed E-state index contributed by atoms with van der Waals surface area (Å²) in [5.41, 5.74) is 2.32. The fourth-order valence-electron chi connectivity index (χ4n) is 2.41. The molecular weight excluding hydrogens is 250 g/mol. The summed E-state index contributed by atoms with van der Waals surface area (Å²) in [6.07, 6.45) is -0.577. The van der Waals surface area contributed by atoms with Gasteiger partial charge in [-0.05, 0) is 13.8 Å². The van der Waals surface area contributed by atoms with Crippen molar-refractivity contribution < 1.29 is 19.8 Å². The number of hydrogen-bond donors (Lipinski definition) is 3. The van der Waals surface area contributed by atoms with Gasteiger partial charge in [-0.2, -0.15) is 5.10 Å². The van der Waals surface area contributed by atoms with Crippen LogP contribution in [0.5, 0.6) is 0 Å². The van der Waals surface area contributed by atoms with E-state index < -0.39 is 18.1 Å². The van der Waals surface area contributed by atoms with Gasteiger partial charge in [-0.25, -0.2) is 4.79 Å². The molecule has 1 aliphatic heterocycles. The van der Waals surface area contributed by atoms with Crippen molar-refractivity contribution in [2.24, 2.45) is 0 Å². The molecule has 19 heavy (non-hydrogen) atoms. The number of aliphatic hydroxyl groups is 1. The van der Waals surface area contributed by atoms with Gasteiger partial charge < -0.3 is 15.1 Å². The maximum Gasteiger partial charge on any atom is 0.326 e. The van der Waals surface area contributed by atoms with Crippen LogP contribution < -0.4 is 0 Å². The zero-order valence-corrected chi connectivity index (χ0v) is 10.9. The molecule has 7 heteroatoms. The number of likely N-dealkylation sites (tertiary alicyclic amines) is 1. The molecule has 0 unspecified atom stereocenters. The molecule has 0 spiro atoms. The lowest BCUT2D eigenvalue weighted by molar-refractivity contribution is -0.148. The predicted molar refractivity (Wildman–Crippen MR) is 65.5 cm³/mol. The van der Waals surface area contributed by atoms with Crippen LogP contribution in [0.1, 0.15) is 23.4 Å². The number of nitrogens with zero attached hydrogens (tertiary/aromatic N) is 2. The van der Waals surface area contributed by atoms with Gasteiger partial charge in [0, 0.05) is 24.2 Å². The number of nitrogens with one attached hydrogen (secondary N) is 1. The lowest BCUT2D eigenvalue weighted by Gasteiger charge is -2.21. The second-order valence-corrected chi connectivity index (χ2v) is 4.88. The number of β-amino-alcohol motifs (C(OH)–C–C–N with tert-alkyl or cyclic N) is 1. The summed E-state index contributed by atoms with van der Waals surface area (Å²) < 4.78 is 0. The molecule has 0 aliphatic carbocycles. The molecule has 2 atom stereocenters. The molecule has 3 N–H and O–H groups in total. The number of rotatable bonds is 3. The Kier molecular flexibility index (Phi) is 3.57. The first-order valence-corrected chi connectivity index (χ1v) is 6.11. The number of carbonyl (C=O) groups excluding carboxylic acids is 1. The molecule has 1 aromatic heterocycles. The second kappa shape index (κ2) is 5.00. The van der Waals surface area contributed by atoms with Crippen molar-refractivity contribution in [1.82, 2.24) is 15.1 Å². The molecule has 0 bridgehead atoms.